The standard InChI is InChI=1S/C16H16N3/c1-12-10-13(2)19(16-17-8-9-18-16)15(11-12)14-6-4-3-5-7-14/h3-11H,1-2H3,(H,17,18)/q+1. The zero-order valence-electron chi connectivity index (χ0n) is 11.1. The average molecular weight is 250 g/mol. The molecule has 0 aliphatic carbocycles. The van der Waals surface area contributed by atoms with E-state index in [9.17, 15) is 0 Å². The number of rotatable bonds is 2. The van der Waals surface area contributed by atoms with Crippen LogP contribution in [0.3, 0.4) is 0 Å². The molecule has 3 aromatic rings. The number of nitrogens with zero attached hydrogens (tertiary/aromatic N) is 2. The molecule has 19 heavy (non-hydrogen) atoms. The van der Waals surface area contributed by atoms with Crippen molar-refractivity contribution < 1.29 is 4.57 Å². The first kappa shape index (κ1) is 11.7. The van der Waals surface area contributed by atoms with Crippen LogP contribution in [0, 0.1) is 13.8 Å². The number of aromatic amines is 1. The maximum Gasteiger partial charge on any atom is 0.401 e. The van der Waals surface area contributed by atoms with E-state index in [1.54, 1.807) is 6.20 Å². The first-order valence-corrected chi connectivity index (χ1v) is 6.34. The number of hydrogen-bond acceptors (Lipinski definition) is 1. The summed E-state index contributed by atoms with van der Waals surface area (Å²) in [4.78, 5) is 7.55. The van der Waals surface area contributed by atoms with Gasteiger partial charge in [0.25, 0.3) is 0 Å². The number of H-pyrrole nitrogens is 1. The SMILES string of the molecule is Cc1cc(C)[n+](-c2ncc[nH]2)c(-c2ccccc2)c1. The monoisotopic (exact) mass is 250 g/mol. The van der Waals surface area contributed by atoms with Crippen molar-refractivity contribution in [3.63, 3.8) is 0 Å². The molecule has 3 heteroatoms. The van der Waals surface area contributed by atoms with E-state index in [-0.39, 0.29) is 0 Å². The number of pyridine rings is 1. The lowest BCUT2D eigenvalue weighted by Gasteiger charge is -2.10. The largest absolute Gasteiger partial charge is 0.401 e. The van der Waals surface area contributed by atoms with Crippen LogP contribution in [0.5, 0.6) is 0 Å². The summed E-state index contributed by atoms with van der Waals surface area (Å²) in [6.45, 7) is 4.22. The van der Waals surface area contributed by atoms with E-state index in [2.05, 4.69) is 64.8 Å². The molecule has 0 fully saturated rings. The third-order valence-electron chi connectivity index (χ3n) is 3.16. The van der Waals surface area contributed by atoms with E-state index < -0.39 is 0 Å². The third kappa shape index (κ3) is 2.15. The van der Waals surface area contributed by atoms with Crippen molar-refractivity contribution in [3.05, 3.63) is 66.1 Å². The van der Waals surface area contributed by atoms with E-state index in [0.717, 1.165) is 17.3 Å². The molecule has 3 rings (SSSR count). The zero-order valence-corrected chi connectivity index (χ0v) is 11.1. The van der Waals surface area contributed by atoms with Gasteiger partial charge in [-0.15, -0.1) is 0 Å². The molecule has 2 heterocycles. The Bertz CT molecular complexity index is 686. The van der Waals surface area contributed by atoms with E-state index in [4.69, 9.17) is 0 Å². The van der Waals surface area contributed by atoms with Gasteiger partial charge in [0, 0.05) is 5.56 Å². The van der Waals surface area contributed by atoms with Gasteiger partial charge in [0.15, 0.2) is 0 Å². The minimum Gasteiger partial charge on any atom is -0.245 e. The van der Waals surface area contributed by atoms with Crippen molar-refractivity contribution in [1.82, 2.24) is 9.97 Å². The summed E-state index contributed by atoms with van der Waals surface area (Å²) in [6, 6.07) is 14.7. The van der Waals surface area contributed by atoms with Crippen LogP contribution >= 0.6 is 0 Å². The minimum atomic E-state index is 0.844. The van der Waals surface area contributed by atoms with Gasteiger partial charge in [0.1, 0.15) is 11.9 Å². The van der Waals surface area contributed by atoms with Gasteiger partial charge in [-0.2, -0.15) is 4.57 Å². The van der Waals surface area contributed by atoms with E-state index in [1.807, 2.05) is 12.3 Å². The molecule has 3 nitrogen and oxygen atoms in total. The van der Waals surface area contributed by atoms with Crippen molar-refractivity contribution in [2.45, 2.75) is 13.8 Å². The second kappa shape index (κ2) is 4.69. The Morgan fingerprint density at radius 3 is 2.53 bits per heavy atom. The summed E-state index contributed by atoms with van der Waals surface area (Å²) in [5.74, 6) is 0.844. The van der Waals surface area contributed by atoms with Gasteiger partial charge < -0.3 is 0 Å². The van der Waals surface area contributed by atoms with Gasteiger partial charge in [0.2, 0.25) is 0 Å². The zero-order chi connectivity index (χ0) is 13.2. The second-order valence-electron chi connectivity index (χ2n) is 4.67. The Morgan fingerprint density at radius 1 is 1.05 bits per heavy atom. The van der Waals surface area contributed by atoms with Gasteiger partial charge in [-0.25, -0.2) is 4.98 Å². The predicted molar refractivity (Wildman–Crippen MR) is 75.0 cm³/mol. The number of benzene rings is 1. The first-order valence-electron chi connectivity index (χ1n) is 6.34. The average Bonchev–Trinajstić information content (AvgIpc) is 2.92. The highest BCUT2D eigenvalue weighted by atomic mass is 15.2. The number of imidazole rings is 1. The smallest absolute Gasteiger partial charge is 0.245 e. The van der Waals surface area contributed by atoms with Crippen molar-refractivity contribution in [2.75, 3.05) is 0 Å². The van der Waals surface area contributed by atoms with Gasteiger partial charge >= 0.3 is 5.95 Å². The summed E-state index contributed by atoms with van der Waals surface area (Å²) < 4.78 is 2.14. The minimum absolute atomic E-state index is 0.844. The summed E-state index contributed by atoms with van der Waals surface area (Å²) in [7, 11) is 0. The highest BCUT2D eigenvalue weighted by Gasteiger charge is 2.17. The second-order valence-corrected chi connectivity index (χ2v) is 4.67. The predicted octanol–water partition coefficient (Wildman–Crippen LogP) is 2.97. The van der Waals surface area contributed by atoms with Crippen molar-refractivity contribution in [1.29, 1.82) is 0 Å². The van der Waals surface area contributed by atoms with Gasteiger partial charge in [-0.3, -0.25) is 0 Å². The molecule has 0 spiro atoms. The topological polar surface area (TPSA) is 32.6 Å². The molecular weight excluding hydrogens is 234 g/mol. The molecule has 0 aliphatic heterocycles. The van der Waals surface area contributed by atoms with Crippen LogP contribution < -0.4 is 4.57 Å². The molecule has 0 saturated heterocycles. The molecule has 1 N–H and O–H groups in total. The lowest BCUT2D eigenvalue weighted by molar-refractivity contribution is -0.598. The van der Waals surface area contributed by atoms with Crippen LogP contribution in [0.4, 0.5) is 0 Å². The summed E-state index contributed by atoms with van der Waals surface area (Å²) in [5, 5.41) is 0. The Hall–Kier alpha value is -2.42. The molecule has 0 saturated carbocycles. The van der Waals surface area contributed by atoms with E-state index in [0.29, 0.717) is 0 Å². The number of aryl methyl sites for hydroxylation is 2. The fourth-order valence-electron chi connectivity index (χ4n) is 2.39. The van der Waals surface area contributed by atoms with Gasteiger partial charge in [-0.05, 0) is 31.5 Å². The van der Waals surface area contributed by atoms with Gasteiger partial charge in [-0.1, -0.05) is 35.3 Å². The molecule has 1 aromatic carbocycles. The summed E-state index contributed by atoms with van der Waals surface area (Å²) >= 11 is 0. The normalized spacial score (nSPS) is 10.6. The van der Waals surface area contributed by atoms with Crippen LogP contribution in [0.15, 0.2) is 54.9 Å². The molecule has 2 aromatic heterocycles. The quantitative estimate of drug-likeness (QED) is 0.697. The summed E-state index contributed by atoms with van der Waals surface area (Å²) in [5.41, 5.74) is 4.74. The Labute approximate surface area is 112 Å². The van der Waals surface area contributed by atoms with Crippen molar-refractivity contribution in [3.8, 4) is 17.2 Å². The Kier molecular flexibility index (Phi) is 2.88. The van der Waals surface area contributed by atoms with Crippen LogP contribution in [-0.4, -0.2) is 9.97 Å². The van der Waals surface area contributed by atoms with E-state index in [1.165, 1.54) is 11.1 Å². The lowest BCUT2D eigenvalue weighted by Crippen LogP contribution is -2.38. The molecular formula is C16H16N3+. The molecule has 0 aliphatic rings. The highest BCUT2D eigenvalue weighted by molar-refractivity contribution is 5.57. The number of nitrogens with one attached hydrogen (secondary N) is 1. The van der Waals surface area contributed by atoms with Crippen LogP contribution in [0.2, 0.25) is 0 Å². The molecule has 0 atom stereocenters. The number of aromatic nitrogens is 3. The lowest BCUT2D eigenvalue weighted by atomic mass is 10.1. The first-order chi connectivity index (χ1) is 9.25. The molecule has 0 radical (unpaired) electrons. The van der Waals surface area contributed by atoms with Crippen LogP contribution in [0.1, 0.15) is 11.3 Å². The fourth-order valence-corrected chi connectivity index (χ4v) is 2.39. The maximum atomic E-state index is 4.37. The maximum absolute atomic E-state index is 4.37. The number of hydrogen-bond donors (Lipinski definition) is 1. The highest BCUT2D eigenvalue weighted by Crippen LogP contribution is 2.18. The van der Waals surface area contributed by atoms with Crippen LogP contribution in [-0.2, 0) is 0 Å². The van der Waals surface area contributed by atoms with Crippen LogP contribution in [0.25, 0.3) is 17.2 Å². The molecule has 0 amide bonds. The Balaban J connectivity index is 2.29. The van der Waals surface area contributed by atoms with Crippen molar-refractivity contribution >= 4 is 0 Å². The Morgan fingerprint density at radius 2 is 1.84 bits per heavy atom. The third-order valence-corrected chi connectivity index (χ3v) is 3.16. The fraction of sp³-hybridized carbons (Fsp3) is 0.125. The van der Waals surface area contributed by atoms with E-state index >= 15 is 0 Å². The van der Waals surface area contributed by atoms with Crippen molar-refractivity contribution in [2.24, 2.45) is 0 Å². The van der Waals surface area contributed by atoms with Gasteiger partial charge in [0.05, 0.1) is 11.9 Å². The molecule has 94 valence electrons. The summed E-state index contributed by atoms with van der Waals surface area (Å²) in [6.07, 6.45) is 3.62. The molecule has 0 bridgehead atoms. The molecule has 0 unspecified atom stereocenters.